The van der Waals surface area contributed by atoms with Crippen LogP contribution < -0.4 is 5.32 Å². The largest absolute Gasteiger partial charge is 0.311 e. The van der Waals surface area contributed by atoms with Crippen LogP contribution in [0, 0.1) is 0 Å². The highest BCUT2D eigenvalue weighted by molar-refractivity contribution is 6.21. The SMILES string of the molecule is O=C(CCCN1C(=O)c2ccccc2C1=O)Nc1ccnn1Cc1ccccc1. The van der Waals surface area contributed by atoms with Gasteiger partial charge >= 0.3 is 0 Å². The van der Waals surface area contributed by atoms with E-state index in [4.69, 9.17) is 0 Å². The molecular formula is C22H20N4O3. The third kappa shape index (κ3) is 3.94. The summed E-state index contributed by atoms with van der Waals surface area (Å²) in [7, 11) is 0. The van der Waals surface area contributed by atoms with Crippen LogP contribution in [0.5, 0.6) is 0 Å². The number of anilines is 1. The monoisotopic (exact) mass is 388 g/mol. The highest BCUT2D eigenvalue weighted by Crippen LogP contribution is 2.22. The molecule has 1 N–H and O–H groups in total. The second-order valence-corrected chi connectivity index (χ2v) is 6.82. The minimum Gasteiger partial charge on any atom is -0.311 e. The first kappa shape index (κ1) is 18.6. The number of hydrogen-bond donors (Lipinski definition) is 1. The molecule has 0 atom stereocenters. The number of aromatic nitrogens is 2. The molecule has 146 valence electrons. The molecule has 29 heavy (non-hydrogen) atoms. The highest BCUT2D eigenvalue weighted by atomic mass is 16.2. The number of imide groups is 1. The Morgan fingerprint density at radius 1 is 0.897 bits per heavy atom. The van der Waals surface area contributed by atoms with Gasteiger partial charge in [0.1, 0.15) is 5.82 Å². The van der Waals surface area contributed by atoms with E-state index in [1.165, 1.54) is 4.90 Å². The van der Waals surface area contributed by atoms with Crippen molar-refractivity contribution in [3.05, 3.63) is 83.6 Å². The molecule has 0 aliphatic carbocycles. The van der Waals surface area contributed by atoms with Crippen LogP contribution in [-0.4, -0.2) is 38.9 Å². The van der Waals surface area contributed by atoms with Gasteiger partial charge in [-0.05, 0) is 24.1 Å². The Balaban J connectivity index is 1.30. The molecule has 0 radical (unpaired) electrons. The standard InChI is InChI=1S/C22H20N4O3/c27-20(24-19-12-13-23-26(19)15-16-7-2-1-3-8-16)11-6-14-25-21(28)17-9-4-5-10-18(17)22(25)29/h1-5,7-10,12-13H,6,11,14-15H2,(H,24,27). The van der Waals surface area contributed by atoms with Crippen molar-refractivity contribution in [2.24, 2.45) is 0 Å². The van der Waals surface area contributed by atoms with Crippen LogP contribution in [-0.2, 0) is 11.3 Å². The van der Waals surface area contributed by atoms with Gasteiger partial charge in [-0.15, -0.1) is 0 Å². The Labute approximate surface area is 167 Å². The molecule has 7 nitrogen and oxygen atoms in total. The smallest absolute Gasteiger partial charge is 0.261 e. The number of carbonyl (C=O) groups is 3. The number of hydrogen-bond acceptors (Lipinski definition) is 4. The molecule has 2 heterocycles. The van der Waals surface area contributed by atoms with E-state index in [1.54, 1.807) is 41.2 Å². The minimum absolute atomic E-state index is 0.184. The minimum atomic E-state index is -0.299. The quantitative estimate of drug-likeness (QED) is 0.631. The fourth-order valence-electron chi connectivity index (χ4n) is 3.37. The summed E-state index contributed by atoms with van der Waals surface area (Å²) in [5.74, 6) is -0.171. The van der Waals surface area contributed by atoms with Crippen molar-refractivity contribution in [3.63, 3.8) is 0 Å². The average molecular weight is 388 g/mol. The van der Waals surface area contributed by atoms with Gasteiger partial charge in [0, 0.05) is 19.0 Å². The summed E-state index contributed by atoms with van der Waals surface area (Å²) in [6, 6.07) is 18.4. The van der Waals surface area contributed by atoms with Crippen LogP contribution in [0.3, 0.4) is 0 Å². The molecule has 1 aliphatic heterocycles. The molecule has 0 saturated heterocycles. The van der Waals surface area contributed by atoms with Gasteiger partial charge < -0.3 is 5.32 Å². The van der Waals surface area contributed by atoms with E-state index in [9.17, 15) is 14.4 Å². The van der Waals surface area contributed by atoms with E-state index in [1.807, 2.05) is 30.3 Å². The lowest BCUT2D eigenvalue weighted by atomic mass is 10.1. The number of nitrogens with one attached hydrogen (secondary N) is 1. The lowest BCUT2D eigenvalue weighted by molar-refractivity contribution is -0.116. The van der Waals surface area contributed by atoms with Crippen molar-refractivity contribution >= 4 is 23.5 Å². The molecule has 0 spiro atoms. The summed E-state index contributed by atoms with van der Waals surface area (Å²) in [6.07, 6.45) is 2.23. The van der Waals surface area contributed by atoms with Crippen LogP contribution >= 0.6 is 0 Å². The van der Waals surface area contributed by atoms with Crippen molar-refractivity contribution in [3.8, 4) is 0 Å². The average Bonchev–Trinajstić information content (AvgIpc) is 3.26. The first-order chi connectivity index (χ1) is 14.1. The molecule has 0 bridgehead atoms. The molecule has 4 rings (SSSR count). The zero-order valence-corrected chi connectivity index (χ0v) is 15.7. The molecule has 3 amide bonds. The van der Waals surface area contributed by atoms with Gasteiger partial charge in [0.05, 0.1) is 23.9 Å². The number of carbonyl (C=O) groups excluding carboxylic acids is 3. The normalized spacial score (nSPS) is 12.9. The van der Waals surface area contributed by atoms with Gasteiger partial charge in [-0.25, -0.2) is 4.68 Å². The van der Waals surface area contributed by atoms with Crippen LogP contribution in [0.1, 0.15) is 39.1 Å². The molecule has 1 aromatic heterocycles. The summed E-state index contributed by atoms with van der Waals surface area (Å²) >= 11 is 0. The summed E-state index contributed by atoms with van der Waals surface area (Å²) in [4.78, 5) is 38.2. The van der Waals surface area contributed by atoms with Crippen LogP contribution in [0.2, 0.25) is 0 Å². The summed E-state index contributed by atoms with van der Waals surface area (Å²) < 4.78 is 1.72. The molecular weight excluding hydrogens is 368 g/mol. The van der Waals surface area contributed by atoms with E-state index >= 15 is 0 Å². The Morgan fingerprint density at radius 2 is 1.55 bits per heavy atom. The van der Waals surface area contributed by atoms with Gasteiger partial charge in [0.2, 0.25) is 5.91 Å². The van der Waals surface area contributed by atoms with Crippen LogP contribution in [0.25, 0.3) is 0 Å². The fourth-order valence-corrected chi connectivity index (χ4v) is 3.37. The van der Waals surface area contributed by atoms with E-state index in [2.05, 4.69) is 10.4 Å². The number of amides is 3. The molecule has 2 aromatic carbocycles. The van der Waals surface area contributed by atoms with Gasteiger partial charge in [-0.1, -0.05) is 42.5 Å². The first-order valence-electron chi connectivity index (χ1n) is 9.44. The van der Waals surface area contributed by atoms with Gasteiger partial charge in [0.25, 0.3) is 11.8 Å². The number of rotatable bonds is 7. The highest BCUT2D eigenvalue weighted by Gasteiger charge is 2.34. The van der Waals surface area contributed by atoms with Crippen molar-refractivity contribution in [2.75, 3.05) is 11.9 Å². The Bertz CT molecular complexity index is 1020. The topological polar surface area (TPSA) is 84.3 Å². The van der Waals surface area contributed by atoms with Crippen molar-refractivity contribution in [1.29, 1.82) is 0 Å². The number of benzene rings is 2. The lowest BCUT2D eigenvalue weighted by Gasteiger charge is -2.13. The maximum Gasteiger partial charge on any atom is 0.261 e. The first-order valence-corrected chi connectivity index (χ1v) is 9.44. The summed E-state index contributed by atoms with van der Waals surface area (Å²) in [5.41, 5.74) is 1.93. The zero-order chi connectivity index (χ0) is 20.2. The van der Waals surface area contributed by atoms with Gasteiger partial charge in [-0.2, -0.15) is 5.10 Å². The molecule has 0 fully saturated rings. The third-order valence-electron chi connectivity index (χ3n) is 4.82. The molecule has 3 aromatic rings. The van der Waals surface area contributed by atoms with E-state index < -0.39 is 0 Å². The van der Waals surface area contributed by atoms with Crippen molar-refractivity contribution in [1.82, 2.24) is 14.7 Å². The molecule has 0 saturated carbocycles. The van der Waals surface area contributed by atoms with E-state index in [0.717, 1.165) is 5.56 Å². The van der Waals surface area contributed by atoms with Gasteiger partial charge in [-0.3, -0.25) is 19.3 Å². The van der Waals surface area contributed by atoms with Crippen LogP contribution in [0.4, 0.5) is 5.82 Å². The Kier molecular flexibility index (Phi) is 5.20. The van der Waals surface area contributed by atoms with E-state index in [0.29, 0.717) is 29.9 Å². The second kappa shape index (κ2) is 8.10. The Hall–Kier alpha value is -3.74. The van der Waals surface area contributed by atoms with Crippen molar-refractivity contribution < 1.29 is 14.4 Å². The molecule has 0 unspecified atom stereocenters. The zero-order valence-electron chi connectivity index (χ0n) is 15.7. The van der Waals surface area contributed by atoms with Crippen molar-refractivity contribution in [2.45, 2.75) is 19.4 Å². The predicted molar refractivity (Wildman–Crippen MR) is 107 cm³/mol. The third-order valence-corrected chi connectivity index (χ3v) is 4.82. The maximum absolute atomic E-state index is 12.4. The number of fused-ring (bicyclic) bond motifs is 1. The number of nitrogens with zero attached hydrogens (tertiary/aromatic N) is 3. The maximum atomic E-state index is 12.4. The summed E-state index contributed by atoms with van der Waals surface area (Å²) in [6.45, 7) is 0.765. The van der Waals surface area contributed by atoms with Crippen LogP contribution in [0.15, 0.2) is 66.9 Å². The predicted octanol–water partition coefficient (Wildman–Crippen LogP) is 2.95. The summed E-state index contributed by atoms with van der Waals surface area (Å²) in [5, 5.41) is 7.10. The fraction of sp³-hybridized carbons (Fsp3) is 0.182. The second-order valence-electron chi connectivity index (χ2n) is 6.82. The lowest BCUT2D eigenvalue weighted by Crippen LogP contribution is -2.31. The van der Waals surface area contributed by atoms with Gasteiger partial charge in [0.15, 0.2) is 0 Å². The molecule has 1 aliphatic rings. The van der Waals surface area contributed by atoms with E-state index in [-0.39, 0.29) is 30.7 Å². The Morgan fingerprint density at radius 3 is 2.24 bits per heavy atom. The molecule has 7 heteroatoms.